The second-order valence-corrected chi connectivity index (χ2v) is 10.2. The van der Waals surface area contributed by atoms with E-state index in [-0.39, 0.29) is 36.8 Å². The molecule has 0 unspecified atom stereocenters. The fourth-order valence-corrected chi connectivity index (χ4v) is 5.77. The molecule has 2 aromatic carbocycles. The van der Waals surface area contributed by atoms with Crippen LogP contribution in [0.5, 0.6) is 0 Å². The van der Waals surface area contributed by atoms with Gasteiger partial charge in [-0.15, -0.1) is 0 Å². The molecule has 0 atom stereocenters. The fraction of sp³-hybridized carbons (Fsp3) is 0.455. The van der Waals surface area contributed by atoms with E-state index in [4.69, 9.17) is 0 Å². The summed E-state index contributed by atoms with van der Waals surface area (Å²) >= 11 is 0. The number of nitrogens with zero attached hydrogens (tertiary/aromatic N) is 4. The molecule has 10 heteroatoms. The number of sulfonamides is 1. The summed E-state index contributed by atoms with van der Waals surface area (Å²) in [7, 11) is -3.64. The Balaban J connectivity index is 1.57. The van der Waals surface area contributed by atoms with Gasteiger partial charge in [0.15, 0.2) is 5.82 Å². The molecule has 2 aromatic rings. The molecule has 2 heterocycles. The zero-order chi connectivity index (χ0) is 22.9. The van der Waals surface area contributed by atoms with Gasteiger partial charge >= 0.3 is 0 Å². The number of benzene rings is 2. The molecule has 0 saturated carbocycles. The fourth-order valence-electron chi connectivity index (χ4n) is 4.35. The van der Waals surface area contributed by atoms with Gasteiger partial charge in [0.05, 0.1) is 21.6 Å². The van der Waals surface area contributed by atoms with Crippen molar-refractivity contribution in [3.05, 3.63) is 57.9 Å². The van der Waals surface area contributed by atoms with E-state index in [1.807, 2.05) is 11.8 Å². The predicted molar refractivity (Wildman–Crippen MR) is 121 cm³/mol. The third-order valence-electron chi connectivity index (χ3n) is 6.18. The predicted octanol–water partition coefficient (Wildman–Crippen LogP) is 3.54. The molecule has 2 fully saturated rings. The number of piperazine rings is 1. The maximum absolute atomic E-state index is 14.7. The average Bonchev–Trinajstić information content (AvgIpc) is 2.80. The topological polar surface area (TPSA) is 87.0 Å². The van der Waals surface area contributed by atoms with Gasteiger partial charge in [-0.1, -0.05) is 17.7 Å². The van der Waals surface area contributed by atoms with Crippen LogP contribution in [0.4, 0.5) is 21.5 Å². The molecule has 0 N–H and O–H groups in total. The Morgan fingerprint density at radius 1 is 0.875 bits per heavy atom. The van der Waals surface area contributed by atoms with Gasteiger partial charge in [0.2, 0.25) is 10.0 Å². The number of hydrogen-bond donors (Lipinski definition) is 0. The standard InChI is InChI=1S/C22H27FN4O4S/c1-17-5-7-18(8-6-17)32(30,31)26-13-11-25(12-14-26)21-16-20(24-9-3-2-4-10-24)19(23)15-22(21)27(28)29/h5-8,15-16H,2-4,9-14H2,1H3. The highest BCUT2D eigenvalue weighted by Crippen LogP contribution is 2.36. The van der Waals surface area contributed by atoms with Gasteiger partial charge in [-0.2, -0.15) is 4.31 Å². The van der Waals surface area contributed by atoms with Crippen molar-refractivity contribution in [2.75, 3.05) is 49.1 Å². The molecule has 0 aliphatic carbocycles. The van der Waals surface area contributed by atoms with E-state index < -0.39 is 20.8 Å². The summed E-state index contributed by atoms with van der Waals surface area (Å²) in [6, 6.07) is 9.25. The number of hydrogen-bond acceptors (Lipinski definition) is 6. The summed E-state index contributed by atoms with van der Waals surface area (Å²) in [4.78, 5) is 15.0. The SMILES string of the molecule is Cc1ccc(S(=O)(=O)N2CCN(c3cc(N4CCCCC4)c(F)cc3[N+](=O)[O-])CC2)cc1. The minimum Gasteiger partial charge on any atom is -0.369 e. The molecule has 32 heavy (non-hydrogen) atoms. The summed E-state index contributed by atoms with van der Waals surface area (Å²) in [5, 5.41) is 11.6. The Bertz CT molecular complexity index is 1090. The Labute approximate surface area is 187 Å². The highest BCUT2D eigenvalue weighted by atomic mass is 32.2. The third-order valence-corrected chi connectivity index (χ3v) is 8.09. The number of aryl methyl sites for hydroxylation is 1. The molecule has 0 spiro atoms. The molecule has 2 saturated heterocycles. The van der Waals surface area contributed by atoms with Crippen LogP contribution in [-0.2, 0) is 10.0 Å². The summed E-state index contributed by atoms with van der Waals surface area (Å²) in [5.41, 5.74) is 1.39. The molecule has 0 bridgehead atoms. The zero-order valence-electron chi connectivity index (χ0n) is 18.0. The van der Waals surface area contributed by atoms with Crippen molar-refractivity contribution < 1.29 is 17.7 Å². The largest absolute Gasteiger partial charge is 0.369 e. The highest BCUT2D eigenvalue weighted by Gasteiger charge is 2.32. The van der Waals surface area contributed by atoms with Crippen LogP contribution in [0.15, 0.2) is 41.3 Å². The molecule has 172 valence electrons. The van der Waals surface area contributed by atoms with Gasteiger partial charge in [0.1, 0.15) is 5.69 Å². The van der Waals surface area contributed by atoms with E-state index in [1.165, 1.54) is 4.31 Å². The number of halogens is 1. The molecular formula is C22H27FN4O4S. The molecule has 4 rings (SSSR count). The first-order chi connectivity index (χ1) is 15.3. The van der Waals surface area contributed by atoms with Gasteiger partial charge < -0.3 is 9.80 Å². The minimum absolute atomic E-state index is 0.198. The zero-order valence-corrected chi connectivity index (χ0v) is 18.9. The molecule has 0 radical (unpaired) electrons. The molecule has 2 aliphatic rings. The van der Waals surface area contributed by atoms with Crippen molar-refractivity contribution in [2.45, 2.75) is 31.1 Å². The second kappa shape index (κ2) is 9.03. The number of nitro benzene ring substituents is 1. The van der Waals surface area contributed by atoms with Crippen LogP contribution in [0, 0.1) is 22.9 Å². The lowest BCUT2D eigenvalue weighted by atomic mass is 10.1. The first-order valence-corrected chi connectivity index (χ1v) is 12.3. The number of anilines is 2. The lowest BCUT2D eigenvalue weighted by Gasteiger charge is -2.36. The van der Waals surface area contributed by atoms with Gasteiger partial charge in [0, 0.05) is 39.3 Å². The maximum atomic E-state index is 14.7. The molecule has 0 aromatic heterocycles. The monoisotopic (exact) mass is 462 g/mol. The van der Waals surface area contributed by atoms with Crippen molar-refractivity contribution in [1.29, 1.82) is 0 Å². The van der Waals surface area contributed by atoms with Crippen molar-refractivity contribution >= 4 is 27.1 Å². The quantitative estimate of drug-likeness (QED) is 0.499. The van der Waals surface area contributed by atoms with E-state index >= 15 is 0 Å². The number of nitro groups is 1. The summed E-state index contributed by atoms with van der Waals surface area (Å²) < 4.78 is 42.1. The lowest BCUT2D eigenvalue weighted by molar-refractivity contribution is -0.384. The average molecular weight is 463 g/mol. The Kier molecular flexibility index (Phi) is 6.34. The van der Waals surface area contributed by atoms with Crippen LogP contribution >= 0.6 is 0 Å². The van der Waals surface area contributed by atoms with Crippen LogP contribution in [0.2, 0.25) is 0 Å². The van der Waals surface area contributed by atoms with Crippen LogP contribution in [0.3, 0.4) is 0 Å². The number of rotatable bonds is 5. The van der Waals surface area contributed by atoms with Crippen LogP contribution < -0.4 is 9.80 Å². The van der Waals surface area contributed by atoms with E-state index in [1.54, 1.807) is 35.2 Å². The van der Waals surface area contributed by atoms with Crippen LogP contribution in [0.25, 0.3) is 0 Å². The summed E-state index contributed by atoms with van der Waals surface area (Å²) in [6.45, 7) is 4.30. The van der Waals surface area contributed by atoms with Gasteiger partial charge in [-0.25, -0.2) is 12.8 Å². The molecular weight excluding hydrogens is 435 g/mol. The van der Waals surface area contributed by atoms with Crippen LogP contribution in [0.1, 0.15) is 24.8 Å². The van der Waals surface area contributed by atoms with Crippen LogP contribution in [-0.4, -0.2) is 56.9 Å². The summed E-state index contributed by atoms with van der Waals surface area (Å²) in [6.07, 6.45) is 3.01. The normalized spacial score (nSPS) is 18.1. The van der Waals surface area contributed by atoms with Crippen molar-refractivity contribution in [2.24, 2.45) is 0 Å². The van der Waals surface area contributed by atoms with Crippen molar-refractivity contribution in [1.82, 2.24) is 4.31 Å². The molecule has 8 nitrogen and oxygen atoms in total. The second-order valence-electron chi connectivity index (χ2n) is 8.30. The van der Waals surface area contributed by atoms with Crippen molar-refractivity contribution in [3.63, 3.8) is 0 Å². The first-order valence-electron chi connectivity index (χ1n) is 10.8. The highest BCUT2D eigenvalue weighted by molar-refractivity contribution is 7.89. The molecule has 2 aliphatic heterocycles. The van der Waals surface area contributed by atoms with Gasteiger partial charge in [-0.05, 0) is 44.4 Å². The Morgan fingerprint density at radius 2 is 1.47 bits per heavy atom. The third kappa shape index (κ3) is 4.42. The van der Waals surface area contributed by atoms with Gasteiger partial charge in [-0.3, -0.25) is 10.1 Å². The van der Waals surface area contributed by atoms with E-state index in [0.29, 0.717) is 11.4 Å². The van der Waals surface area contributed by atoms with E-state index in [2.05, 4.69) is 0 Å². The van der Waals surface area contributed by atoms with E-state index in [0.717, 1.165) is 44.0 Å². The number of piperidine rings is 1. The van der Waals surface area contributed by atoms with Crippen molar-refractivity contribution in [3.8, 4) is 0 Å². The molecule has 0 amide bonds. The smallest absolute Gasteiger partial charge is 0.295 e. The minimum atomic E-state index is -3.64. The Morgan fingerprint density at radius 3 is 2.06 bits per heavy atom. The maximum Gasteiger partial charge on any atom is 0.295 e. The first kappa shape index (κ1) is 22.5. The van der Waals surface area contributed by atoms with E-state index in [9.17, 15) is 22.9 Å². The van der Waals surface area contributed by atoms with Gasteiger partial charge in [0.25, 0.3) is 5.69 Å². The summed E-state index contributed by atoms with van der Waals surface area (Å²) in [5.74, 6) is -0.595. The lowest BCUT2D eigenvalue weighted by Crippen LogP contribution is -2.48. The Hall–Kier alpha value is -2.72.